The lowest BCUT2D eigenvalue weighted by Gasteiger charge is -2.45. The van der Waals surface area contributed by atoms with E-state index in [4.69, 9.17) is 11.0 Å². The van der Waals surface area contributed by atoms with Gasteiger partial charge in [-0.15, -0.1) is 18.2 Å². The van der Waals surface area contributed by atoms with Gasteiger partial charge in [0.25, 0.3) is 0 Å². The van der Waals surface area contributed by atoms with Gasteiger partial charge >= 0.3 is 16.4 Å². The summed E-state index contributed by atoms with van der Waals surface area (Å²) < 4.78 is 34.6. The van der Waals surface area contributed by atoms with Crippen LogP contribution in [0.2, 0.25) is 0 Å². The van der Waals surface area contributed by atoms with Crippen LogP contribution in [0, 0.1) is 18.3 Å². The maximum Gasteiger partial charge on any atom is 0.397 e. The molecule has 1 saturated heterocycles. The second-order valence-electron chi connectivity index (χ2n) is 4.80. The second kappa shape index (κ2) is 5.92. The van der Waals surface area contributed by atoms with E-state index >= 15 is 0 Å². The fraction of sp³-hybridized carbons (Fsp3) is 0.500. The minimum absolute atomic E-state index is 0.120. The molecule has 0 spiro atoms. The third-order valence-corrected chi connectivity index (χ3v) is 5.05. The quantitative estimate of drug-likeness (QED) is 0.394. The Labute approximate surface area is 131 Å². The van der Waals surface area contributed by atoms with E-state index in [2.05, 4.69) is 10.1 Å². The van der Waals surface area contributed by atoms with Crippen LogP contribution in [0.15, 0.2) is 10.6 Å². The molecule has 0 aromatic carbocycles. The summed E-state index contributed by atoms with van der Waals surface area (Å²) in [5.74, 6) is 0.0239. The molecule has 2 N–H and O–H groups in total. The first-order valence-corrected chi connectivity index (χ1v) is 8.54. The van der Waals surface area contributed by atoms with Crippen LogP contribution in [0.1, 0.15) is 13.3 Å². The summed E-state index contributed by atoms with van der Waals surface area (Å²) in [7, 11) is -4.69. The monoisotopic (exact) mass is 347 g/mol. The molecule has 0 radical (unpaired) electrons. The number of aliphatic carboxylic acids is 1. The van der Waals surface area contributed by atoms with Crippen molar-refractivity contribution < 1.29 is 31.8 Å². The number of β-lactam (4-membered cyclic amide) rings is 1. The Morgan fingerprint density at radius 3 is 2.77 bits per heavy atom. The maximum atomic E-state index is 12.1. The number of fused-ring (bicyclic) bond motifs is 1. The molecule has 3 atom stereocenters. The number of rotatable bonds is 6. The molecular weight excluding hydrogens is 334 g/mol. The van der Waals surface area contributed by atoms with Gasteiger partial charge in [-0.05, 0) is 6.92 Å². The van der Waals surface area contributed by atoms with Crippen LogP contribution in [0.25, 0.3) is 0 Å². The fourth-order valence-corrected chi connectivity index (χ4v) is 4.10. The van der Waals surface area contributed by atoms with Gasteiger partial charge in [-0.1, -0.05) is 5.92 Å². The number of hydrogen-bond acceptors (Lipinski definition) is 6. The number of carbonyl (C=O) groups excluding carboxylic acids is 1. The van der Waals surface area contributed by atoms with E-state index in [1.54, 1.807) is 0 Å². The Balaban J connectivity index is 2.19. The molecule has 1 fully saturated rings. The number of hydrogen-bond donors (Lipinski definition) is 2. The van der Waals surface area contributed by atoms with Crippen LogP contribution in [-0.2, 0) is 24.2 Å². The van der Waals surface area contributed by atoms with Crippen LogP contribution in [0.5, 0.6) is 0 Å². The minimum Gasteiger partial charge on any atom is -0.477 e. The van der Waals surface area contributed by atoms with Crippen molar-refractivity contribution >= 4 is 34.0 Å². The van der Waals surface area contributed by atoms with Gasteiger partial charge in [0.1, 0.15) is 5.70 Å². The zero-order chi connectivity index (χ0) is 16.7. The fourth-order valence-electron chi connectivity index (χ4n) is 2.73. The lowest BCUT2D eigenvalue weighted by molar-refractivity contribution is -0.160. The van der Waals surface area contributed by atoms with E-state index in [9.17, 15) is 23.1 Å². The molecule has 8 nitrogen and oxygen atoms in total. The van der Waals surface area contributed by atoms with Crippen molar-refractivity contribution in [2.45, 2.75) is 25.5 Å². The molecule has 2 aliphatic rings. The normalized spacial score (nSPS) is 25.5. The Hall–Kier alpha value is -1.54. The van der Waals surface area contributed by atoms with Gasteiger partial charge in [0.15, 0.2) is 0 Å². The highest BCUT2D eigenvalue weighted by atomic mass is 32.3. The third kappa shape index (κ3) is 2.98. The molecule has 120 valence electrons. The summed E-state index contributed by atoms with van der Waals surface area (Å²) in [4.78, 5) is 25.1. The number of carboxylic acid groups (broad SMARTS) is 1. The summed E-state index contributed by atoms with van der Waals surface area (Å²) in [6, 6.07) is -0.504. The highest BCUT2D eigenvalue weighted by molar-refractivity contribution is 8.03. The number of carbonyl (C=O) groups is 2. The van der Waals surface area contributed by atoms with Crippen LogP contribution in [0.3, 0.4) is 0 Å². The van der Waals surface area contributed by atoms with E-state index in [1.165, 1.54) is 6.92 Å². The van der Waals surface area contributed by atoms with Crippen LogP contribution in [0.4, 0.5) is 0 Å². The topological polar surface area (TPSA) is 121 Å². The Morgan fingerprint density at radius 1 is 1.64 bits per heavy atom. The van der Waals surface area contributed by atoms with Gasteiger partial charge < -0.3 is 10.0 Å². The SMILES string of the molecule is C#CCSC1=C(C(=O)O)N2C(=O)[C@@H]([C@H](C)OS(=O)(=O)O)[C@H]2C1. The molecule has 2 heterocycles. The maximum absolute atomic E-state index is 12.1. The smallest absolute Gasteiger partial charge is 0.397 e. The van der Waals surface area contributed by atoms with E-state index in [0.29, 0.717) is 4.91 Å². The highest BCUT2D eigenvalue weighted by Crippen LogP contribution is 2.47. The van der Waals surface area contributed by atoms with Crippen LogP contribution < -0.4 is 0 Å². The molecule has 0 aromatic heterocycles. The van der Waals surface area contributed by atoms with Crippen molar-refractivity contribution in [3.8, 4) is 12.3 Å². The van der Waals surface area contributed by atoms with Crippen LogP contribution in [-0.4, -0.2) is 52.8 Å². The predicted octanol–water partition coefficient (Wildman–Crippen LogP) is 0.0876. The summed E-state index contributed by atoms with van der Waals surface area (Å²) in [5.41, 5.74) is -0.120. The number of thioether (sulfide) groups is 1. The lowest BCUT2D eigenvalue weighted by atomic mass is 9.83. The van der Waals surface area contributed by atoms with E-state index < -0.39 is 40.3 Å². The lowest BCUT2D eigenvalue weighted by Crippen LogP contribution is -2.62. The Kier molecular flexibility index (Phi) is 4.53. The molecule has 0 saturated carbocycles. The van der Waals surface area contributed by atoms with Crippen molar-refractivity contribution in [2.75, 3.05) is 5.75 Å². The van der Waals surface area contributed by atoms with E-state index in [0.717, 1.165) is 16.7 Å². The molecule has 10 heteroatoms. The third-order valence-electron chi connectivity index (χ3n) is 3.48. The summed E-state index contributed by atoms with van der Waals surface area (Å²) in [5, 5.41) is 9.25. The molecule has 2 rings (SSSR count). The highest BCUT2D eigenvalue weighted by Gasteiger charge is 2.57. The van der Waals surface area contributed by atoms with Gasteiger partial charge in [-0.3, -0.25) is 9.35 Å². The van der Waals surface area contributed by atoms with Gasteiger partial charge in [-0.25, -0.2) is 8.98 Å². The van der Waals surface area contributed by atoms with Gasteiger partial charge in [0.05, 0.1) is 23.8 Å². The first kappa shape index (κ1) is 16.8. The average Bonchev–Trinajstić information content (AvgIpc) is 2.68. The van der Waals surface area contributed by atoms with Gasteiger partial charge in [0, 0.05) is 11.3 Å². The van der Waals surface area contributed by atoms with Gasteiger partial charge in [0.2, 0.25) is 5.91 Å². The zero-order valence-corrected chi connectivity index (χ0v) is 13.1. The molecule has 0 aromatic rings. The second-order valence-corrected chi connectivity index (χ2v) is 6.92. The summed E-state index contributed by atoms with van der Waals surface area (Å²) in [6.07, 6.45) is 4.33. The van der Waals surface area contributed by atoms with Crippen molar-refractivity contribution in [2.24, 2.45) is 5.92 Å². The van der Waals surface area contributed by atoms with Gasteiger partial charge in [-0.2, -0.15) is 8.42 Å². The molecule has 1 amide bonds. The Morgan fingerprint density at radius 2 is 2.27 bits per heavy atom. The standard InChI is InChI=1S/C12H13NO7S2/c1-3-4-21-8-5-7-9(6(2)20-22(17,18)19)11(14)13(7)10(8)12(15)16/h1,6-7,9H,4-5H2,2H3,(H,15,16)(H,17,18,19)/t6-,7+,9-/m0/s1. The largest absolute Gasteiger partial charge is 0.477 e. The summed E-state index contributed by atoms with van der Waals surface area (Å²) >= 11 is 1.16. The molecule has 2 aliphatic heterocycles. The first-order valence-electron chi connectivity index (χ1n) is 6.19. The number of carboxylic acids is 1. The van der Waals surface area contributed by atoms with E-state index in [-0.39, 0.29) is 17.9 Å². The van der Waals surface area contributed by atoms with Crippen molar-refractivity contribution in [3.05, 3.63) is 10.6 Å². The molecule has 22 heavy (non-hydrogen) atoms. The molecule has 0 aliphatic carbocycles. The first-order chi connectivity index (χ1) is 10.2. The number of terminal acetylenes is 1. The number of amides is 1. The molecule has 0 bridgehead atoms. The predicted molar refractivity (Wildman–Crippen MR) is 76.8 cm³/mol. The molecule has 0 unspecified atom stereocenters. The van der Waals surface area contributed by atoms with Crippen molar-refractivity contribution in [1.29, 1.82) is 0 Å². The average molecular weight is 347 g/mol. The molecular formula is C12H13NO7S2. The zero-order valence-electron chi connectivity index (χ0n) is 11.4. The van der Waals surface area contributed by atoms with Crippen molar-refractivity contribution in [1.82, 2.24) is 4.90 Å². The number of nitrogens with zero attached hydrogens (tertiary/aromatic N) is 1. The van der Waals surface area contributed by atoms with Crippen molar-refractivity contribution in [3.63, 3.8) is 0 Å². The minimum atomic E-state index is -4.69. The van der Waals surface area contributed by atoms with Crippen LogP contribution >= 0.6 is 11.8 Å². The Bertz CT molecular complexity index is 691. The summed E-state index contributed by atoms with van der Waals surface area (Å²) in [6.45, 7) is 1.33. The van der Waals surface area contributed by atoms with E-state index in [1.807, 2.05) is 0 Å².